The zero-order valence-corrected chi connectivity index (χ0v) is 13.9. The number of aromatic nitrogens is 1. The average Bonchev–Trinajstić information content (AvgIpc) is 2.98. The maximum absolute atomic E-state index is 4.66. The molecule has 4 rings (SSSR count). The minimum Gasteiger partial charge on any atom is -0.369 e. The minimum atomic E-state index is 0.988. The maximum Gasteiger partial charge on any atom is 0.0631 e. The Morgan fingerprint density at radius 3 is 2.54 bits per heavy atom. The Bertz CT molecular complexity index is 855. The lowest BCUT2D eigenvalue weighted by atomic mass is 10.2. The van der Waals surface area contributed by atoms with Crippen LogP contribution in [0.15, 0.2) is 59.7 Å². The largest absolute Gasteiger partial charge is 0.369 e. The standard InChI is InChI=1S/C20H22N4/c1-23-15-16(19-4-2-3-5-20(19)23)14-22-17-6-8-18(9-7-17)24-12-10-21-11-13-24/h2-9,14-15,21H,10-13H2,1H3. The molecule has 1 aliphatic rings. The number of hydrogen-bond acceptors (Lipinski definition) is 3. The molecule has 1 aromatic heterocycles. The lowest BCUT2D eigenvalue weighted by Gasteiger charge is -2.29. The van der Waals surface area contributed by atoms with Gasteiger partial charge in [-0.15, -0.1) is 0 Å². The second-order valence-electron chi connectivity index (χ2n) is 6.22. The van der Waals surface area contributed by atoms with Crippen LogP contribution in [0.3, 0.4) is 0 Å². The van der Waals surface area contributed by atoms with E-state index < -0.39 is 0 Å². The van der Waals surface area contributed by atoms with Gasteiger partial charge in [-0.3, -0.25) is 4.99 Å². The third-order valence-electron chi connectivity index (χ3n) is 4.61. The number of fused-ring (bicyclic) bond motifs is 1. The van der Waals surface area contributed by atoms with Gasteiger partial charge in [-0.1, -0.05) is 18.2 Å². The highest BCUT2D eigenvalue weighted by Gasteiger charge is 2.09. The highest BCUT2D eigenvalue weighted by Crippen LogP contribution is 2.22. The smallest absolute Gasteiger partial charge is 0.0631 e. The first-order valence-electron chi connectivity index (χ1n) is 8.45. The van der Waals surface area contributed by atoms with Crippen LogP contribution in [0.2, 0.25) is 0 Å². The van der Waals surface area contributed by atoms with E-state index in [9.17, 15) is 0 Å². The monoisotopic (exact) mass is 318 g/mol. The molecule has 0 unspecified atom stereocenters. The fourth-order valence-electron chi connectivity index (χ4n) is 3.29. The molecule has 0 amide bonds. The van der Waals surface area contributed by atoms with Gasteiger partial charge in [0.05, 0.1) is 5.69 Å². The summed E-state index contributed by atoms with van der Waals surface area (Å²) in [5, 5.41) is 4.62. The molecule has 0 atom stereocenters. The molecule has 4 heteroatoms. The van der Waals surface area contributed by atoms with Gasteiger partial charge in [0, 0.05) is 67.8 Å². The quantitative estimate of drug-likeness (QED) is 0.751. The summed E-state index contributed by atoms with van der Waals surface area (Å²) in [6, 6.07) is 16.9. The van der Waals surface area contributed by atoms with Crippen LogP contribution in [-0.4, -0.2) is 37.0 Å². The first-order chi connectivity index (χ1) is 11.8. The van der Waals surface area contributed by atoms with E-state index in [1.54, 1.807) is 0 Å². The molecular weight excluding hydrogens is 296 g/mol. The summed E-state index contributed by atoms with van der Waals surface area (Å²) in [5.74, 6) is 0. The van der Waals surface area contributed by atoms with Gasteiger partial charge in [0.1, 0.15) is 0 Å². The number of rotatable bonds is 3. The Kier molecular flexibility index (Phi) is 4.05. The Morgan fingerprint density at radius 2 is 1.75 bits per heavy atom. The number of hydrogen-bond donors (Lipinski definition) is 1. The van der Waals surface area contributed by atoms with Gasteiger partial charge in [0.25, 0.3) is 0 Å². The van der Waals surface area contributed by atoms with Gasteiger partial charge in [0.15, 0.2) is 0 Å². The van der Waals surface area contributed by atoms with E-state index in [-0.39, 0.29) is 0 Å². The Morgan fingerprint density at radius 1 is 1.00 bits per heavy atom. The highest BCUT2D eigenvalue weighted by atomic mass is 15.2. The molecule has 2 aromatic carbocycles. The van der Waals surface area contributed by atoms with Crippen molar-refractivity contribution in [1.29, 1.82) is 0 Å². The molecule has 0 radical (unpaired) electrons. The van der Waals surface area contributed by atoms with Gasteiger partial charge in [-0.25, -0.2) is 0 Å². The number of aryl methyl sites for hydroxylation is 1. The van der Waals surface area contributed by atoms with E-state index in [4.69, 9.17) is 0 Å². The van der Waals surface area contributed by atoms with Crippen molar-refractivity contribution in [3.05, 3.63) is 60.3 Å². The van der Waals surface area contributed by atoms with Crippen LogP contribution in [0.4, 0.5) is 11.4 Å². The van der Waals surface area contributed by atoms with Gasteiger partial charge in [0.2, 0.25) is 0 Å². The van der Waals surface area contributed by atoms with Crippen LogP contribution in [0.25, 0.3) is 10.9 Å². The molecule has 4 nitrogen and oxygen atoms in total. The van der Waals surface area contributed by atoms with E-state index in [0.717, 1.165) is 37.4 Å². The molecule has 1 saturated heterocycles. The fourth-order valence-corrected chi connectivity index (χ4v) is 3.29. The summed E-state index contributed by atoms with van der Waals surface area (Å²) in [5.41, 5.74) is 4.65. The second kappa shape index (κ2) is 6.49. The summed E-state index contributed by atoms with van der Waals surface area (Å²) in [7, 11) is 2.07. The Balaban J connectivity index is 1.55. The molecule has 1 aliphatic heterocycles. The van der Waals surface area contributed by atoms with Crippen molar-refractivity contribution in [3.63, 3.8) is 0 Å². The number of aliphatic imine (C=N–C) groups is 1. The summed E-state index contributed by atoms with van der Waals surface area (Å²) < 4.78 is 2.14. The first-order valence-corrected chi connectivity index (χ1v) is 8.45. The first kappa shape index (κ1) is 15.0. The summed E-state index contributed by atoms with van der Waals surface area (Å²) >= 11 is 0. The predicted molar refractivity (Wildman–Crippen MR) is 102 cm³/mol. The summed E-state index contributed by atoms with van der Waals surface area (Å²) in [6.07, 6.45) is 4.09. The maximum atomic E-state index is 4.66. The molecule has 24 heavy (non-hydrogen) atoms. The van der Waals surface area contributed by atoms with Crippen molar-refractivity contribution >= 4 is 28.5 Å². The zero-order valence-electron chi connectivity index (χ0n) is 13.9. The minimum absolute atomic E-state index is 0.988. The van der Waals surface area contributed by atoms with E-state index in [1.165, 1.54) is 16.6 Å². The highest BCUT2D eigenvalue weighted by molar-refractivity contribution is 6.00. The SMILES string of the molecule is Cn1cc(C=Nc2ccc(N3CCNCC3)cc2)c2ccccc21. The third kappa shape index (κ3) is 2.93. The molecule has 0 saturated carbocycles. The molecular formula is C20H22N4. The van der Waals surface area contributed by atoms with Crippen molar-refractivity contribution in [2.24, 2.45) is 12.0 Å². The molecule has 1 N–H and O–H groups in total. The lowest BCUT2D eigenvalue weighted by Crippen LogP contribution is -2.43. The number of nitrogens with zero attached hydrogens (tertiary/aromatic N) is 3. The van der Waals surface area contributed by atoms with Crippen LogP contribution in [-0.2, 0) is 7.05 Å². The van der Waals surface area contributed by atoms with Crippen LogP contribution in [0.5, 0.6) is 0 Å². The molecule has 2 heterocycles. The van der Waals surface area contributed by atoms with Crippen molar-refractivity contribution in [3.8, 4) is 0 Å². The normalized spacial score (nSPS) is 15.5. The van der Waals surface area contributed by atoms with Gasteiger partial charge in [-0.05, 0) is 30.3 Å². The molecule has 0 bridgehead atoms. The zero-order chi connectivity index (χ0) is 16.4. The van der Waals surface area contributed by atoms with E-state index in [0.29, 0.717) is 0 Å². The molecule has 122 valence electrons. The number of benzene rings is 2. The predicted octanol–water partition coefficient (Wildman–Crippen LogP) is 3.34. The van der Waals surface area contributed by atoms with Gasteiger partial charge < -0.3 is 14.8 Å². The lowest BCUT2D eigenvalue weighted by molar-refractivity contribution is 0.589. The Hall–Kier alpha value is -2.59. The van der Waals surface area contributed by atoms with Gasteiger partial charge >= 0.3 is 0 Å². The molecule has 3 aromatic rings. The fraction of sp³-hybridized carbons (Fsp3) is 0.250. The number of nitrogens with one attached hydrogen (secondary N) is 1. The molecule has 0 aliphatic carbocycles. The number of piperazine rings is 1. The van der Waals surface area contributed by atoms with E-state index in [1.807, 2.05) is 6.21 Å². The third-order valence-corrected chi connectivity index (χ3v) is 4.61. The summed E-state index contributed by atoms with van der Waals surface area (Å²) in [6.45, 7) is 4.25. The van der Waals surface area contributed by atoms with Crippen LogP contribution < -0.4 is 10.2 Å². The van der Waals surface area contributed by atoms with E-state index in [2.05, 4.69) is 81.6 Å². The van der Waals surface area contributed by atoms with Crippen molar-refractivity contribution in [2.75, 3.05) is 31.1 Å². The van der Waals surface area contributed by atoms with Crippen LogP contribution in [0.1, 0.15) is 5.56 Å². The second-order valence-corrected chi connectivity index (χ2v) is 6.22. The van der Waals surface area contributed by atoms with Crippen LogP contribution in [0, 0.1) is 0 Å². The number of para-hydroxylation sites is 1. The Labute approximate surface area is 142 Å². The number of anilines is 1. The molecule has 0 spiro atoms. The van der Waals surface area contributed by atoms with Crippen LogP contribution >= 0.6 is 0 Å². The van der Waals surface area contributed by atoms with E-state index >= 15 is 0 Å². The van der Waals surface area contributed by atoms with Crippen molar-refractivity contribution in [2.45, 2.75) is 0 Å². The van der Waals surface area contributed by atoms with Gasteiger partial charge in [-0.2, -0.15) is 0 Å². The average molecular weight is 318 g/mol. The van der Waals surface area contributed by atoms with Crippen molar-refractivity contribution in [1.82, 2.24) is 9.88 Å². The van der Waals surface area contributed by atoms with Crippen molar-refractivity contribution < 1.29 is 0 Å². The topological polar surface area (TPSA) is 32.6 Å². The molecule has 1 fully saturated rings. The summed E-state index contributed by atoms with van der Waals surface area (Å²) in [4.78, 5) is 7.07.